The van der Waals surface area contributed by atoms with E-state index in [2.05, 4.69) is 10.3 Å². The van der Waals surface area contributed by atoms with Crippen LogP contribution in [0.1, 0.15) is 19.4 Å². The minimum Gasteiger partial charge on any atom is -0.481 e. The first-order valence-electron chi connectivity index (χ1n) is 5.36. The summed E-state index contributed by atoms with van der Waals surface area (Å²) in [7, 11) is 1.38. The molecule has 94 valence electrons. The predicted octanol–water partition coefficient (Wildman–Crippen LogP) is 2.35. The topological polar surface area (TPSA) is 47.6 Å². The van der Waals surface area contributed by atoms with Gasteiger partial charge in [-0.3, -0.25) is 9.63 Å². The third-order valence-corrected chi connectivity index (χ3v) is 2.51. The summed E-state index contributed by atoms with van der Waals surface area (Å²) in [5, 5.41) is 0.656. The quantitative estimate of drug-likeness (QED) is 0.824. The van der Waals surface area contributed by atoms with E-state index in [9.17, 15) is 4.79 Å². The van der Waals surface area contributed by atoms with Gasteiger partial charge in [0.25, 0.3) is 5.91 Å². The van der Waals surface area contributed by atoms with Crippen molar-refractivity contribution in [3.63, 3.8) is 0 Å². The second-order valence-corrected chi connectivity index (χ2v) is 3.97. The van der Waals surface area contributed by atoms with Crippen molar-refractivity contribution in [2.45, 2.75) is 26.4 Å². The van der Waals surface area contributed by atoms with E-state index < -0.39 is 6.10 Å². The minimum absolute atomic E-state index is 0.329. The highest BCUT2D eigenvalue weighted by Crippen LogP contribution is 2.24. The number of amides is 1. The maximum atomic E-state index is 11.4. The first-order chi connectivity index (χ1) is 8.08. The smallest absolute Gasteiger partial charge is 0.284 e. The lowest BCUT2D eigenvalue weighted by atomic mass is 10.1. The Balaban J connectivity index is 2.77. The molecular weight excluding hydrogens is 242 g/mol. The van der Waals surface area contributed by atoms with Crippen LogP contribution in [-0.2, 0) is 16.1 Å². The van der Waals surface area contributed by atoms with Crippen molar-refractivity contribution in [3.8, 4) is 5.75 Å². The molecule has 0 aromatic heterocycles. The lowest BCUT2D eigenvalue weighted by molar-refractivity contribution is -0.137. The van der Waals surface area contributed by atoms with Gasteiger partial charge >= 0.3 is 0 Å². The molecule has 1 amide bonds. The fraction of sp³-hybridized carbons (Fsp3) is 0.417. The Bertz CT molecular complexity index is 395. The van der Waals surface area contributed by atoms with E-state index in [-0.39, 0.29) is 5.91 Å². The average Bonchev–Trinajstić information content (AvgIpc) is 2.31. The van der Waals surface area contributed by atoms with Crippen LogP contribution in [0.15, 0.2) is 18.2 Å². The number of nitrogens with one attached hydrogen (secondary N) is 1. The van der Waals surface area contributed by atoms with E-state index in [1.54, 1.807) is 19.1 Å². The predicted molar refractivity (Wildman–Crippen MR) is 66.1 cm³/mol. The molecule has 0 fully saturated rings. The first-order valence-corrected chi connectivity index (χ1v) is 5.74. The summed E-state index contributed by atoms with van der Waals surface area (Å²) >= 11 is 5.89. The fourth-order valence-corrected chi connectivity index (χ4v) is 1.56. The Labute approximate surface area is 106 Å². The third kappa shape index (κ3) is 3.91. The van der Waals surface area contributed by atoms with Crippen LogP contribution in [0.4, 0.5) is 0 Å². The van der Waals surface area contributed by atoms with Gasteiger partial charge in [-0.25, -0.2) is 5.48 Å². The van der Waals surface area contributed by atoms with Gasteiger partial charge in [0.15, 0.2) is 6.10 Å². The van der Waals surface area contributed by atoms with Gasteiger partial charge in [0.2, 0.25) is 0 Å². The third-order valence-electron chi connectivity index (χ3n) is 2.28. The number of hydroxylamine groups is 1. The van der Waals surface area contributed by atoms with Crippen LogP contribution in [0.2, 0.25) is 5.02 Å². The van der Waals surface area contributed by atoms with Crippen LogP contribution < -0.4 is 10.2 Å². The zero-order valence-electron chi connectivity index (χ0n) is 10.1. The molecule has 5 heteroatoms. The van der Waals surface area contributed by atoms with Gasteiger partial charge < -0.3 is 4.74 Å². The van der Waals surface area contributed by atoms with Gasteiger partial charge in [-0.2, -0.15) is 0 Å². The molecule has 0 saturated heterocycles. The van der Waals surface area contributed by atoms with Crippen LogP contribution in [0, 0.1) is 0 Å². The Morgan fingerprint density at radius 2 is 2.24 bits per heavy atom. The maximum Gasteiger partial charge on any atom is 0.284 e. The summed E-state index contributed by atoms with van der Waals surface area (Å²) in [6.07, 6.45) is 0.163. The maximum absolute atomic E-state index is 11.4. The largest absolute Gasteiger partial charge is 0.481 e. The number of carbonyl (C=O) groups excluding carboxylic acids is 1. The van der Waals surface area contributed by atoms with Gasteiger partial charge in [-0.1, -0.05) is 18.5 Å². The number of hydrogen-bond acceptors (Lipinski definition) is 3. The van der Waals surface area contributed by atoms with Crippen molar-refractivity contribution < 1.29 is 14.4 Å². The standard InChI is InChI=1S/C12H16ClNO3/c1-4-9-7-10(13)5-6-11(9)17-8(2)12(15)14-16-3/h5-8H,4H2,1-3H3,(H,14,15)/t8-/m0/s1. The number of benzene rings is 1. The molecule has 0 bridgehead atoms. The zero-order chi connectivity index (χ0) is 12.8. The number of carbonyl (C=O) groups is 1. The average molecular weight is 258 g/mol. The van der Waals surface area contributed by atoms with Crippen LogP contribution >= 0.6 is 11.6 Å². The van der Waals surface area contributed by atoms with Crippen molar-refractivity contribution >= 4 is 17.5 Å². The Morgan fingerprint density at radius 3 is 2.82 bits per heavy atom. The van der Waals surface area contributed by atoms with Gasteiger partial charge in [-0.15, -0.1) is 0 Å². The number of aryl methyl sites for hydroxylation is 1. The number of rotatable bonds is 5. The molecule has 0 unspecified atom stereocenters. The second kappa shape index (κ2) is 6.47. The molecule has 1 N–H and O–H groups in total. The summed E-state index contributed by atoms with van der Waals surface area (Å²) in [6, 6.07) is 5.33. The molecule has 0 aliphatic carbocycles. The highest BCUT2D eigenvalue weighted by atomic mass is 35.5. The number of halogens is 1. The minimum atomic E-state index is -0.624. The molecule has 0 heterocycles. The monoisotopic (exact) mass is 257 g/mol. The van der Waals surface area contributed by atoms with Crippen molar-refractivity contribution in [2.75, 3.05) is 7.11 Å². The van der Waals surface area contributed by atoms with Crippen molar-refractivity contribution in [1.82, 2.24) is 5.48 Å². The highest BCUT2D eigenvalue weighted by Gasteiger charge is 2.15. The van der Waals surface area contributed by atoms with E-state index in [0.717, 1.165) is 12.0 Å². The molecule has 4 nitrogen and oxygen atoms in total. The van der Waals surface area contributed by atoms with E-state index in [4.69, 9.17) is 16.3 Å². The highest BCUT2D eigenvalue weighted by molar-refractivity contribution is 6.30. The lowest BCUT2D eigenvalue weighted by Crippen LogP contribution is -2.35. The van der Waals surface area contributed by atoms with Crippen LogP contribution in [0.5, 0.6) is 5.75 Å². The van der Waals surface area contributed by atoms with Gasteiger partial charge in [0, 0.05) is 5.02 Å². The van der Waals surface area contributed by atoms with E-state index in [0.29, 0.717) is 10.8 Å². The van der Waals surface area contributed by atoms with Gasteiger partial charge in [0.05, 0.1) is 7.11 Å². The lowest BCUT2D eigenvalue weighted by Gasteiger charge is -2.16. The van der Waals surface area contributed by atoms with Gasteiger partial charge in [0.1, 0.15) is 5.75 Å². The van der Waals surface area contributed by atoms with Crippen molar-refractivity contribution in [2.24, 2.45) is 0 Å². The number of hydrogen-bond donors (Lipinski definition) is 1. The Kier molecular flexibility index (Phi) is 5.25. The van der Waals surface area contributed by atoms with Gasteiger partial charge in [-0.05, 0) is 37.1 Å². The van der Waals surface area contributed by atoms with E-state index in [1.807, 2.05) is 13.0 Å². The Hall–Kier alpha value is -1.26. The molecule has 1 atom stereocenters. The molecule has 1 aromatic carbocycles. The van der Waals surface area contributed by atoms with Crippen LogP contribution in [0.25, 0.3) is 0 Å². The summed E-state index contributed by atoms with van der Waals surface area (Å²) in [4.78, 5) is 16.0. The normalized spacial score (nSPS) is 12.0. The fourth-order valence-electron chi connectivity index (χ4n) is 1.37. The van der Waals surface area contributed by atoms with E-state index in [1.165, 1.54) is 7.11 Å². The molecule has 0 spiro atoms. The van der Waals surface area contributed by atoms with Crippen LogP contribution in [-0.4, -0.2) is 19.1 Å². The van der Waals surface area contributed by atoms with E-state index >= 15 is 0 Å². The molecule has 0 aliphatic rings. The molecule has 0 radical (unpaired) electrons. The summed E-state index contributed by atoms with van der Waals surface area (Å²) < 4.78 is 5.56. The van der Waals surface area contributed by atoms with Crippen LogP contribution in [0.3, 0.4) is 0 Å². The molecule has 1 aromatic rings. The SMILES string of the molecule is CCc1cc(Cl)ccc1O[C@@H](C)C(=O)NOC. The molecule has 1 rings (SSSR count). The summed E-state index contributed by atoms with van der Waals surface area (Å²) in [5.41, 5.74) is 3.19. The Morgan fingerprint density at radius 1 is 1.53 bits per heavy atom. The number of ether oxygens (including phenoxy) is 1. The summed E-state index contributed by atoms with van der Waals surface area (Å²) in [5.74, 6) is 0.333. The van der Waals surface area contributed by atoms with Crippen molar-refractivity contribution in [1.29, 1.82) is 0 Å². The zero-order valence-corrected chi connectivity index (χ0v) is 10.9. The second-order valence-electron chi connectivity index (χ2n) is 3.54. The molecular formula is C12H16ClNO3. The van der Waals surface area contributed by atoms with Crippen molar-refractivity contribution in [3.05, 3.63) is 28.8 Å². The summed E-state index contributed by atoms with van der Waals surface area (Å²) in [6.45, 7) is 3.65. The first kappa shape index (κ1) is 13.8. The molecule has 17 heavy (non-hydrogen) atoms. The molecule has 0 saturated carbocycles. The molecule has 0 aliphatic heterocycles.